The third kappa shape index (κ3) is 5.68. The molecule has 1 aliphatic carbocycles. The third-order valence-electron chi connectivity index (χ3n) is 8.51. The molecule has 2 aliphatic heterocycles. The number of halogens is 1. The predicted octanol–water partition coefficient (Wildman–Crippen LogP) is 5.05. The predicted molar refractivity (Wildman–Crippen MR) is 153 cm³/mol. The average Bonchev–Trinajstić information content (AvgIpc) is 3.22. The standard InChI is InChI=1S/C32H36FN5O3/c1-19(2)27-8-9-28(37-36-27)21-4-6-24(7-5-21)41-29-12-25(31(40)35-23-13-32(14-23)17-34-18-32)26(33)11-22(29)16-38-15-20(3)10-30(38)39/h4-9,11-12,19-20,23,34H,10,13-18H2,1-3H3,(H,35,40). The molecule has 3 aromatic rings. The van der Waals surface area contributed by atoms with E-state index in [1.165, 1.54) is 12.1 Å². The summed E-state index contributed by atoms with van der Waals surface area (Å²) < 4.78 is 21.6. The molecule has 3 aliphatic rings. The number of nitrogens with zero attached hydrogens (tertiary/aromatic N) is 3. The highest BCUT2D eigenvalue weighted by molar-refractivity contribution is 5.95. The zero-order valence-corrected chi connectivity index (χ0v) is 23.7. The summed E-state index contributed by atoms with van der Waals surface area (Å²) in [5, 5.41) is 14.9. The van der Waals surface area contributed by atoms with Crippen molar-refractivity contribution in [2.75, 3.05) is 19.6 Å². The Morgan fingerprint density at radius 3 is 2.49 bits per heavy atom. The Bertz CT molecular complexity index is 1450. The van der Waals surface area contributed by atoms with Crippen molar-refractivity contribution >= 4 is 11.8 Å². The normalized spacial score (nSPS) is 19.8. The van der Waals surface area contributed by atoms with Crippen LogP contribution in [-0.4, -0.2) is 52.6 Å². The number of aromatic nitrogens is 2. The molecule has 41 heavy (non-hydrogen) atoms. The lowest BCUT2D eigenvalue weighted by atomic mass is 9.61. The number of hydrogen-bond donors (Lipinski definition) is 2. The number of hydrogen-bond acceptors (Lipinski definition) is 6. The van der Waals surface area contributed by atoms with Crippen LogP contribution in [0.15, 0.2) is 48.5 Å². The summed E-state index contributed by atoms with van der Waals surface area (Å²) in [6.45, 7) is 8.94. The number of amides is 2. The summed E-state index contributed by atoms with van der Waals surface area (Å²) in [4.78, 5) is 27.3. The minimum Gasteiger partial charge on any atom is -0.457 e. The van der Waals surface area contributed by atoms with Gasteiger partial charge < -0.3 is 20.3 Å². The second-order valence-corrected chi connectivity index (χ2v) is 12.3. The molecular weight excluding hydrogens is 521 g/mol. The van der Waals surface area contributed by atoms with Crippen LogP contribution in [0.1, 0.15) is 67.6 Å². The molecule has 3 heterocycles. The summed E-state index contributed by atoms with van der Waals surface area (Å²) >= 11 is 0. The van der Waals surface area contributed by atoms with Gasteiger partial charge in [-0.05, 0) is 78.6 Å². The first-order valence-electron chi connectivity index (χ1n) is 14.4. The zero-order chi connectivity index (χ0) is 28.7. The van der Waals surface area contributed by atoms with E-state index in [0.29, 0.717) is 41.4 Å². The molecule has 2 N–H and O–H groups in total. The van der Waals surface area contributed by atoms with Crippen LogP contribution in [-0.2, 0) is 11.3 Å². The molecule has 3 fully saturated rings. The van der Waals surface area contributed by atoms with Crippen molar-refractivity contribution < 1.29 is 18.7 Å². The van der Waals surface area contributed by atoms with E-state index in [1.807, 2.05) is 43.3 Å². The molecule has 1 unspecified atom stereocenters. The number of carbonyl (C=O) groups is 2. The molecule has 2 aromatic carbocycles. The largest absolute Gasteiger partial charge is 0.457 e. The van der Waals surface area contributed by atoms with E-state index in [4.69, 9.17) is 4.74 Å². The lowest BCUT2D eigenvalue weighted by molar-refractivity contribution is -0.128. The molecule has 0 radical (unpaired) electrons. The van der Waals surface area contributed by atoms with E-state index in [1.54, 1.807) is 4.90 Å². The van der Waals surface area contributed by atoms with E-state index in [2.05, 4.69) is 34.7 Å². The van der Waals surface area contributed by atoms with E-state index in [-0.39, 0.29) is 30.0 Å². The molecule has 2 saturated heterocycles. The van der Waals surface area contributed by atoms with Gasteiger partial charge in [0.1, 0.15) is 17.3 Å². The van der Waals surface area contributed by atoms with E-state index in [0.717, 1.165) is 42.9 Å². The van der Waals surface area contributed by atoms with Crippen molar-refractivity contribution in [1.82, 2.24) is 25.7 Å². The number of nitrogens with one attached hydrogen (secondary N) is 2. The van der Waals surface area contributed by atoms with Crippen LogP contribution in [0, 0.1) is 17.2 Å². The van der Waals surface area contributed by atoms with Gasteiger partial charge in [-0.1, -0.05) is 20.8 Å². The highest BCUT2D eigenvalue weighted by atomic mass is 19.1. The van der Waals surface area contributed by atoms with Crippen molar-refractivity contribution in [1.29, 1.82) is 0 Å². The maximum absolute atomic E-state index is 15.3. The highest BCUT2D eigenvalue weighted by Gasteiger charge is 2.48. The Hall–Kier alpha value is -3.85. The third-order valence-corrected chi connectivity index (χ3v) is 8.51. The molecule has 2 amide bonds. The van der Waals surface area contributed by atoms with Crippen LogP contribution in [0.3, 0.4) is 0 Å². The maximum atomic E-state index is 15.3. The first-order chi connectivity index (χ1) is 19.7. The fourth-order valence-electron chi connectivity index (χ4n) is 6.06. The molecule has 8 nitrogen and oxygen atoms in total. The molecule has 1 saturated carbocycles. The van der Waals surface area contributed by atoms with Gasteiger partial charge in [-0.3, -0.25) is 9.59 Å². The van der Waals surface area contributed by atoms with Gasteiger partial charge in [0.05, 0.1) is 17.0 Å². The Balaban J connectivity index is 1.23. The molecule has 1 spiro atoms. The Labute approximate surface area is 239 Å². The zero-order valence-electron chi connectivity index (χ0n) is 23.7. The van der Waals surface area contributed by atoms with Crippen molar-refractivity contribution in [3.05, 3.63) is 71.2 Å². The first kappa shape index (κ1) is 27.3. The molecule has 1 aromatic heterocycles. The summed E-state index contributed by atoms with van der Waals surface area (Å²) in [6.07, 6.45) is 2.28. The second-order valence-electron chi connectivity index (χ2n) is 12.3. The van der Waals surface area contributed by atoms with Gasteiger partial charge in [-0.2, -0.15) is 10.2 Å². The minimum atomic E-state index is -0.623. The van der Waals surface area contributed by atoms with Crippen LogP contribution in [0.2, 0.25) is 0 Å². The molecule has 1 atom stereocenters. The van der Waals surface area contributed by atoms with Crippen molar-refractivity contribution in [2.24, 2.45) is 11.3 Å². The number of ether oxygens (including phenoxy) is 1. The fourth-order valence-corrected chi connectivity index (χ4v) is 6.06. The lowest BCUT2D eigenvalue weighted by Crippen LogP contribution is -2.65. The smallest absolute Gasteiger partial charge is 0.254 e. The maximum Gasteiger partial charge on any atom is 0.254 e. The fraction of sp³-hybridized carbons (Fsp3) is 0.438. The van der Waals surface area contributed by atoms with E-state index in [9.17, 15) is 9.59 Å². The SMILES string of the molecule is CC1CC(=O)N(Cc2cc(F)c(C(=O)NC3CC4(CNC4)C3)cc2Oc2ccc(-c3ccc(C(C)C)nn3)cc2)C1. The summed E-state index contributed by atoms with van der Waals surface area (Å²) in [7, 11) is 0. The summed E-state index contributed by atoms with van der Waals surface area (Å²) in [5.74, 6) is 0.380. The Morgan fingerprint density at radius 1 is 1.15 bits per heavy atom. The number of rotatable bonds is 8. The number of likely N-dealkylation sites (tertiary alicyclic amines) is 1. The van der Waals surface area contributed by atoms with Gasteiger partial charge in [-0.15, -0.1) is 0 Å². The average molecular weight is 558 g/mol. The summed E-state index contributed by atoms with van der Waals surface area (Å²) in [6, 6.07) is 14.2. The molecule has 6 rings (SSSR count). The van der Waals surface area contributed by atoms with E-state index < -0.39 is 11.7 Å². The van der Waals surface area contributed by atoms with E-state index >= 15 is 4.39 Å². The monoisotopic (exact) mass is 557 g/mol. The number of carbonyl (C=O) groups excluding carboxylic acids is 2. The van der Waals surface area contributed by atoms with Crippen LogP contribution in [0.25, 0.3) is 11.3 Å². The van der Waals surface area contributed by atoms with Gasteiger partial charge in [0, 0.05) is 49.8 Å². The van der Waals surface area contributed by atoms with Crippen molar-refractivity contribution in [3.8, 4) is 22.8 Å². The molecule has 9 heteroatoms. The number of benzene rings is 2. The van der Waals surface area contributed by atoms with Crippen molar-refractivity contribution in [3.63, 3.8) is 0 Å². The van der Waals surface area contributed by atoms with Gasteiger partial charge in [0.25, 0.3) is 5.91 Å². The lowest BCUT2D eigenvalue weighted by Gasteiger charge is -2.54. The van der Waals surface area contributed by atoms with Crippen LogP contribution in [0.5, 0.6) is 11.5 Å². The van der Waals surface area contributed by atoms with Gasteiger partial charge in [0.2, 0.25) is 5.91 Å². The van der Waals surface area contributed by atoms with Crippen molar-refractivity contribution in [2.45, 2.75) is 58.5 Å². The van der Waals surface area contributed by atoms with Crippen LogP contribution >= 0.6 is 0 Å². The Morgan fingerprint density at radius 2 is 1.90 bits per heavy atom. The van der Waals surface area contributed by atoms with Gasteiger partial charge >= 0.3 is 0 Å². The first-order valence-corrected chi connectivity index (χ1v) is 14.4. The van der Waals surface area contributed by atoms with Crippen LogP contribution < -0.4 is 15.4 Å². The second kappa shape index (κ2) is 10.9. The molecule has 0 bridgehead atoms. The quantitative estimate of drug-likeness (QED) is 0.403. The minimum absolute atomic E-state index is 0.0315. The molecule has 214 valence electrons. The highest BCUT2D eigenvalue weighted by Crippen LogP contribution is 2.44. The van der Waals surface area contributed by atoms with Crippen LogP contribution in [0.4, 0.5) is 4.39 Å². The van der Waals surface area contributed by atoms with Gasteiger partial charge in [-0.25, -0.2) is 4.39 Å². The topological polar surface area (TPSA) is 96.5 Å². The Kier molecular flexibility index (Phi) is 7.23. The summed E-state index contributed by atoms with van der Waals surface area (Å²) in [5.41, 5.74) is 3.32. The molecular formula is C32H36FN5O3. The van der Waals surface area contributed by atoms with Gasteiger partial charge in [0.15, 0.2) is 0 Å².